The number of thioether (sulfide) groups is 1. The standard InChI is InChI=1S/C23H25N7OS/c1-13-5-7-17(8-6-13)18-11-19(27-26-18)22-28-29-23(30(22)24)32-12-20(31)25-21-15(3)9-14(2)10-16(21)4/h5-11H,12,24H2,1-4H3,(H,25,31)(H,26,27). The van der Waals surface area contributed by atoms with E-state index >= 15 is 0 Å². The van der Waals surface area contributed by atoms with Crippen LogP contribution in [0.15, 0.2) is 47.6 Å². The lowest BCUT2D eigenvalue weighted by Gasteiger charge is -2.12. The number of rotatable bonds is 6. The zero-order chi connectivity index (χ0) is 22.8. The third kappa shape index (κ3) is 4.52. The van der Waals surface area contributed by atoms with Gasteiger partial charge in [0.15, 0.2) is 0 Å². The third-order valence-electron chi connectivity index (χ3n) is 5.10. The smallest absolute Gasteiger partial charge is 0.234 e. The number of aryl methyl sites for hydroxylation is 4. The number of benzene rings is 2. The minimum absolute atomic E-state index is 0.127. The van der Waals surface area contributed by atoms with Crippen molar-refractivity contribution < 1.29 is 4.79 Å². The van der Waals surface area contributed by atoms with Crippen LogP contribution in [-0.2, 0) is 4.79 Å². The molecule has 8 nitrogen and oxygen atoms in total. The lowest BCUT2D eigenvalue weighted by atomic mass is 10.1. The highest BCUT2D eigenvalue weighted by Gasteiger charge is 2.17. The van der Waals surface area contributed by atoms with Crippen molar-refractivity contribution in [1.29, 1.82) is 0 Å². The Morgan fingerprint density at radius 3 is 2.41 bits per heavy atom. The summed E-state index contributed by atoms with van der Waals surface area (Å²) in [6.45, 7) is 8.05. The molecule has 0 aliphatic rings. The Bertz CT molecular complexity index is 1250. The summed E-state index contributed by atoms with van der Waals surface area (Å²) >= 11 is 1.23. The van der Waals surface area contributed by atoms with Crippen molar-refractivity contribution in [3.63, 3.8) is 0 Å². The van der Waals surface area contributed by atoms with Crippen LogP contribution < -0.4 is 11.2 Å². The Labute approximate surface area is 190 Å². The molecular weight excluding hydrogens is 422 g/mol. The van der Waals surface area contributed by atoms with E-state index in [1.807, 2.05) is 70.2 Å². The highest BCUT2D eigenvalue weighted by molar-refractivity contribution is 7.99. The zero-order valence-corrected chi connectivity index (χ0v) is 19.2. The van der Waals surface area contributed by atoms with E-state index in [1.54, 1.807) is 0 Å². The maximum atomic E-state index is 12.5. The first-order valence-electron chi connectivity index (χ1n) is 10.2. The highest BCUT2D eigenvalue weighted by atomic mass is 32.2. The first-order chi connectivity index (χ1) is 15.3. The van der Waals surface area contributed by atoms with Gasteiger partial charge in [-0.2, -0.15) is 5.10 Å². The topological polar surface area (TPSA) is 115 Å². The molecule has 0 atom stereocenters. The highest BCUT2D eigenvalue weighted by Crippen LogP contribution is 2.26. The molecule has 0 saturated carbocycles. The quantitative estimate of drug-likeness (QED) is 0.304. The van der Waals surface area contributed by atoms with E-state index < -0.39 is 0 Å². The average Bonchev–Trinajstić information content (AvgIpc) is 3.36. The number of amides is 1. The normalized spacial score (nSPS) is 11.0. The monoisotopic (exact) mass is 447 g/mol. The number of nitrogens with zero attached hydrogens (tertiary/aromatic N) is 4. The molecule has 0 aliphatic heterocycles. The number of hydrogen-bond acceptors (Lipinski definition) is 6. The molecule has 4 aromatic rings. The van der Waals surface area contributed by atoms with Gasteiger partial charge in [0.05, 0.1) is 11.4 Å². The Kier molecular flexibility index (Phi) is 6.00. The predicted octanol–water partition coefficient (Wildman–Crippen LogP) is 4.01. The molecule has 0 aliphatic carbocycles. The summed E-state index contributed by atoms with van der Waals surface area (Å²) in [5.41, 5.74) is 7.71. The van der Waals surface area contributed by atoms with Crippen molar-refractivity contribution in [2.45, 2.75) is 32.9 Å². The number of aromatic amines is 1. The average molecular weight is 448 g/mol. The van der Waals surface area contributed by atoms with Gasteiger partial charge in [-0.05, 0) is 44.9 Å². The molecule has 1 amide bonds. The maximum absolute atomic E-state index is 12.5. The van der Waals surface area contributed by atoms with Crippen LogP contribution in [0.5, 0.6) is 0 Å². The molecule has 0 unspecified atom stereocenters. The van der Waals surface area contributed by atoms with Crippen LogP contribution in [0.2, 0.25) is 0 Å². The number of nitrogens with one attached hydrogen (secondary N) is 2. The van der Waals surface area contributed by atoms with E-state index in [2.05, 4.69) is 25.7 Å². The van der Waals surface area contributed by atoms with Gasteiger partial charge in [-0.3, -0.25) is 9.89 Å². The number of nitrogen functional groups attached to an aromatic ring is 1. The lowest BCUT2D eigenvalue weighted by Crippen LogP contribution is -2.17. The summed E-state index contributed by atoms with van der Waals surface area (Å²) in [6.07, 6.45) is 0. The van der Waals surface area contributed by atoms with E-state index in [0.29, 0.717) is 16.7 Å². The Morgan fingerprint density at radius 2 is 1.72 bits per heavy atom. The van der Waals surface area contributed by atoms with Gasteiger partial charge >= 0.3 is 0 Å². The molecule has 32 heavy (non-hydrogen) atoms. The van der Waals surface area contributed by atoms with Crippen molar-refractivity contribution in [2.24, 2.45) is 0 Å². The number of aromatic nitrogens is 5. The van der Waals surface area contributed by atoms with E-state index in [4.69, 9.17) is 5.84 Å². The molecule has 0 radical (unpaired) electrons. The lowest BCUT2D eigenvalue weighted by molar-refractivity contribution is -0.113. The molecule has 2 aromatic heterocycles. The first-order valence-corrected chi connectivity index (χ1v) is 11.1. The molecule has 2 heterocycles. The van der Waals surface area contributed by atoms with Crippen LogP contribution in [-0.4, -0.2) is 36.7 Å². The Morgan fingerprint density at radius 1 is 1.03 bits per heavy atom. The fraction of sp³-hybridized carbons (Fsp3) is 0.217. The van der Waals surface area contributed by atoms with Crippen molar-refractivity contribution >= 4 is 23.4 Å². The maximum Gasteiger partial charge on any atom is 0.234 e. The fourth-order valence-corrected chi connectivity index (χ4v) is 4.21. The molecular formula is C23H25N7OS. The number of carbonyl (C=O) groups is 1. The van der Waals surface area contributed by atoms with Gasteiger partial charge in [-0.15, -0.1) is 10.2 Å². The summed E-state index contributed by atoms with van der Waals surface area (Å²) < 4.78 is 1.37. The van der Waals surface area contributed by atoms with E-state index in [9.17, 15) is 4.79 Å². The van der Waals surface area contributed by atoms with Gasteiger partial charge in [0, 0.05) is 11.3 Å². The molecule has 164 valence electrons. The van der Waals surface area contributed by atoms with Crippen molar-refractivity contribution in [3.05, 3.63) is 64.7 Å². The van der Waals surface area contributed by atoms with Crippen molar-refractivity contribution in [2.75, 3.05) is 16.9 Å². The molecule has 9 heteroatoms. The number of carbonyl (C=O) groups excluding carboxylic acids is 1. The van der Waals surface area contributed by atoms with Gasteiger partial charge < -0.3 is 11.2 Å². The molecule has 2 aromatic carbocycles. The number of anilines is 1. The van der Waals surface area contributed by atoms with Gasteiger partial charge in [0.25, 0.3) is 0 Å². The van der Waals surface area contributed by atoms with Crippen molar-refractivity contribution in [3.8, 4) is 22.8 Å². The zero-order valence-electron chi connectivity index (χ0n) is 18.4. The largest absolute Gasteiger partial charge is 0.335 e. The molecule has 0 saturated heterocycles. The van der Waals surface area contributed by atoms with E-state index in [-0.39, 0.29) is 11.7 Å². The minimum atomic E-state index is -0.127. The molecule has 0 spiro atoms. The molecule has 4 N–H and O–H groups in total. The van der Waals surface area contributed by atoms with E-state index in [0.717, 1.165) is 28.1 Å². The van der Waals surface area contributed by atoms with E-state index in [1.165, 1.54) is 27.6 Å². The second-order valence-electron chi connectivity index (χ2n) is 7.82. The summed E-state index contributed by atoms with van der Waals surface area (Å²) in [5, 5.41) is 19.1. The second-order valence-corrected chi connectivity index (χ2v) is 8.76. The summed E-state index contributed by atoms with van der Waals surface area (Å²) in [6, 6.07) is 14.1. The van der Waals surface area contributed by atoms with Crippen LogP contribution in [0.4, 0.5) is 5.69 Å². The molecule has 0 bridgehead atoms. The summed E-state index contributed by atoms with van der Waals surface area (Å²) in [4.78, 5) is 12.5. The Balaban J connectivity index is 1.44. The SMILES string of the molecule is Cc1ccc(-c2cc(-c3nnc(SCC(=O)Nc4c(C)cc(C)cc4C)n3N)[nH]n2)cc1. The molecule has 4 rings (SSSR count). The van der Waals surface area contributed by atoms with Crippen LogP contribution in [0.1, 0.15) is 22.3 Å². The Hall–Kier alpha value is -3.59. The van der Waals surface area contributed by atoms with Crippen molar-refractivity contribution in [1.82, 2.24) is 25.1 Å². The second kappa shape index (κ2) is 8.88. The first kappa shape index (κ1) is 21.6. The fourth-order valence-electron chi connectivity index (χ4n) is 3.55. The van der Waals surface area contributed by atoms with Crippen LogP contribution in [0, 0.1) is 27.7 Å². The predicted molar refractivity (Wildman–Crippen MR) is 128 cm³/mol. The summed E-state index contributed by atoms with van der Waals surface area (Å²) in [5.74, 6) is 6.69. The molecule has 0 fully saturated rings. The van der Waals surface area contributed by atoms with Gasteiger partial charge in [0.1, 0.15) is 5.69 Å². The summed E-state index contributed by atoms with van der Waals surface area (Å²) in [7, 11) is 0. The van der Waals surface area contributed by atoms with Gasteiger partial charge in [-0.1, -0.05) is 59.3 Å². The van der Waals surface area contributed by atoms with Crippen LogP contribution in [0.3, 0.4) is 0 Å². The third-order valence-corrected chi connectivity index (χ3v) is 6.05. The van der Waals surface area contributed by atoms with Gasteiger partial charge in [-0.25, -0.2) is 4.68 Å². The van der Waals surface area contributed by atoms with Gasteiger partial charge in [0.2, 0.25) is 16.9 Å². The van der Waals surface area contributed by atoms with Crippen LogP contribution in [0.25, 0.3) is 22.8 Å². The number of hydrogen-bond donors (Lipinski definition) is 3. The minimum Gasteiger partial charge on any atom is -0.335 e. The number of H-pyrrole nitrogens is 1. The van der Waals surface area contributed by atoms with Crippen LogP contribution >= 0.6 is 11.8 Å². The number of nitrogens with two attached hydrogens (primary N) is 1.